The van der Waals surface area contributed by atoms with E-state index in [9.17, 15) is 14.9 Å². The van der Waals surface area contributed by atoms with Crippen LogP contribution in [-0.2, 0) is 9.53 Å². The molecule has 2 aromatic rings. The van der Waals surface area contributed by atoms with E-state index in [0.717, 1.165) is 0 Å². The highest BCUT2D eigenvalue weighted by atomic mass is 35.5. The second-order valence-corrected chi connectivity index (χ2v) is 5.13. The molecule has 0 radical (unpaired) electrons. The van der Waals surface area contributed by atoms with Crippen molar-refractivity contribution in [3.8, 4) is 0 Å². The van der Waals surface area contributed by atoms with Gasteiger partial charge in [0.1, 0.15) is 0 Å². The minimum atomic E-state index is -0.816. The SMILES string of the molecule is COC(C(=O)NN=Cc1cc([N+](=O)[O-])ccc1Cl)c1ccccc1. The number of nitrogens with one attached hydrogen (secondary N) is 1. The van der Waals surface area contributed by atoms with E-state index < -0.39 is 16.9 Å². The Morgan fingerprint density at radius 1 is 1.33 bits per heavy atom. The zero-order chi connectivity index (χ0) is 17.5. The standard InChI is InChI=1S/C16H14ClN3O4/c1-24-15(11-5-3-2-4-6-11)16(21)19-18-10-12-9-13(20(22)23)7-8-14(12)17/h2-10,15H,1H3,(H,19,21). The predicted molar refractivity (Wildman–Crippen MR) is 90.0 cm³/mol. The molecule has 7 nitrogen and oxygen atoms in total. The van der Waals surface area contributed by atoms with E-state index in [1.165, 1.54) is 31.5 Å². The first kappa shape index (κ1) is 17.6. The van der Waals surface area contributed by atoms with Gasteiger partial charge in [0.25, 0.3) is 11.6 Å². The summed E-state index contributed by atoms with van der Waals surface area (Å²) in [6.45, 7) is 0. The van der Waals surface area contributed by atoms with Crippen LogP contribution in [0.3, 0.4) is 0 Å². The van der Waals surface area contributed by atoms with E-state index in [1.54, 1.807) is 24.3 Å². The van der Waals surface area contributed by atoms with Crippen LogP contribution in [0, 0.1) is 10.1 Å². The van der Waals surface area contributed by atoms with Gasteiger partial charge < -0.3 is 4.74 Å². The van der Waals surface area contributed by atoms with Crippen LogP contribution < -0.4 is 5.43 Å². The molecule has 1 N–H and O–H groups in total. The zero-order valence-electron chi connectivity index (χ0n) is 12.7. The third-order valence-electron chi connectivity index (χ3n) is 3.14. The number of halogens is 1. The van der Waals surface area contributed by atoms with Crippen molar-refractivity contribution in [3.63, 3.8) is 0 Å². The maximum absolute atomic E-state index is 12.1. The van der Waals surface area contributed by atoms with Crippen LogP contribution in [0.5, 0.6) is 0 Å². The molecule has 8 heteroatoms. The summed E-state index contributed by atoms with van der Waals surface area (Å²) in [4.78, 5) is 22.4. The maximum atomic E-state index is 12.1. The van der Waals surface area contributed by atoms with Gasteiger partial charge in [-0.3, -0.25) is 14.9 Å². The number of nitro benzene ring substituents is 1. The highest BCUT2D eigenvalue weighted by Gasteiger charge is 2.19. The number of hydrazone groups is 1. The van der Waals surface area contributed by atoms with Crippen molar-refractivity contribution >= 4 is 29.4 Å². The minimum Gasteiger partial charge on any atom is -0.367 e. The Bertz CT molecular complexity index is 765. The molecule has 2 rings (SSSR count). The topological polar surface area (TPSA) is 93.8 Å². The first-order valence-corrected chi connectivity index (χ1v) is 7.25. The van der Waals surface area contributed by atoms with Crippen molar-refractivity contribution < 1.29 is 14.5 Å². The molecule has 0 heterocycles. The third kappa shape index (κ3) is 4.37. The second-order valence-electron chi connectivity index (χ2n) is 4.72. The molecule has 0 fully saturated rings. The Morgan fingerprint density at radius 2 is 2.04 bits per heavy atom. The molecule has 1 atom stereocenters. The van der Waals surface area contributed by atoms with Crippen LogP contribution in [0.1, 0.15) is 17.2 Å². The number of non-ortho nitro benzene ring substituents is 1. The molecule has 0 aromatic heterocycles. The van der Waals surface area contributed by atoms with E-state index in [1.807, 2.05) is 6.07 Å². The molecule has 24 heavy (non-hydrogen) atoms. The first-order valence-electron chi connectivity index (χ1n) is 6.87. The normalized spacial score (nSPS) is 12.1. The van der Waals surface area contributed by atoms with Gasteiger partial charge in [0, 0.05) is 29.8 Å². The first-order chi connectivity index (χ1) is 11.5. The van der Waals surface area contributed by atoms with Crippen LogP contribution in [0.25, 0.3) is 0 Å². The number of benzene rings is 2. The Morgan fingerprint density at radius 3 is 2.67 bits per heavy atom. The molecular formula is C16H14ClN3O4. The van der Waals surface area contributed by atoms with Gasteiger partial charge in [-0.2, -0.15) is 5.10 Å². The number of methoxy groups -OCH3 is 1. The number of nitro groups is 1. The lowest BCUT2D eigenvalue weighted by Crippen LogP contribution is -2.26. The van der Waals surface area contributed by atoms with Crippen molar-refractivity contribution in [2.75, 3.05) is 7.11 Å². The predicted octanol–water partition coefficient (Wildman–Crippen LogP) is 3.09. The van der Waals surface area contributed by atoms with Crippen molar-refractivity contribution in [2.45, 2.75) is 6.10 Å². The number of ether oxygens (including phenoxy) is 1. The lowest BCUT2D eigenvalue weighted by molar-refractivity contribution is -0.384. The summed E-state index contributed by atoms with van der Waals surface area (Å²) < 4.78 is 5.17. The molecule has 0 saturated carbocycles. The lowest BCUT2D eigenvalue weighted by atomic mass is 10.1. The fourth-order valence-electron chi connectivity index (χ4n) is 1.99. The quantitative estimate of drug-likeness (QED) is 0.493. The fraction of sp³-hybridized carbons (Fsp3) is 0.125. The highest BCUT2D eigenvalue weighted by molar-refractivity contribution is 6.33. The third-order valence-corrected chi connectivity index (χ3v) is 3.49. The van der Waals surface area contributed by atoms with Gasteiger partial charge in [-0.15, -0.1) is 0 Å². The van der Waals surface area contributed by atoms with Gasteiger partial charge in [0.2, 0.25) is 0 Å². The van der Waals surface area contributed by atoms with Gasteiger partial charge in [-0.25, -0.2) is 5.43 Å². The summed E-state index contributed by atoms with van der Waals surface area (Å²) >= 11 is 5.95. The van der Waals surface area contributed by atoms with E-state index in [0.29, 0.717) is 11.1 Å². The Kier molecular flexibility index (Phi) is 6.00. The molecule has 0 spiro atoms. The number of amides is 1. The summed E-state index contributed by atoms with van der Waals surface area (Å²) in [5.74, 6) is -0.471. The molecule has 1 unspecified atom stereocenters. The molecule has 1 amide bonds. The Balaban J connectivity index is 2.09. The fourth-order valence-corrected chi connectivity index (χ4v) is 2.16. The molecule has 0 saturated heterocycles. The van der Waals surface area contributed by atoms with Crippen molar-refractivity contribution in [1.29, 1.82) is 0 Å². The van der Waals surface area contributed by atoms with Crippen LogP contribution in [0.2, 0.25) is 5.02 Å². The second kappa shape index (κ2) is 8.19. The molecule has 124 valence electrons. The molecule has 0 aliphatic rings. The summed E-state index contributed by atoms with van der Waals surface area (Å²) in [6, 6.07) is 12.9. The van der Waals surface area contributed by atoms with Crippen molar-refractivity contribution in [3.05, 3.63) is 74.8 Å². The highest BCUT2D eigenvalue weighted by Crippen LogP contribution is 2.20. The number of carbonyl (C=O) groups is 1. The smallest absolute Gasteiger partial charge is 0.273 e. The summed E-state index contributed by atoms with van der Waals surface area (Å²) in [5.41, 5.74) is 3.22. The molecular weight excluding hydrogens is 334 g/mol. The minimum absolute atomic E-state index is 0.119. The Hall–Kier alpha value is -2.77. The summed E-state index contributed by atoms with van der Waals surface area (Å²) in [6.07, 6.45) is 0.425. The summed E-state index contributed by atoms with van der Waals surface area (Å²) in [5, 5.41) is 14.8. The zero-order valence-corrected chi connectivity index (χ0v) is 13.4. The number of hydrogen-bond acceptors (Lipinski definition) is 5. The maximum Gasteiger partial charge on any atom is 0.273 e. The number of hydrogen-bond donors (Lipinski definition) is 1. The van der Waals surface area contributed by atoms with Gasteiger partial charge in [-0.1, -0.05) is 41.9 Å². The van der Waals surface area contributed by atoms with Crippen LogP contribution in [0.15, 0.2) is 53.6 Å². The van der Waals surface area contributed by atoms with Gasteiger partial charge >= 0.3 is 0 Å². The van der Waals surface area contributed by atoms with E-state index in [-0.39, 0.29) is 10.7 Å². The number of nitrogens with zero attached hydrogens (tertiary/aromatic N) is 2. The lowest BCUT2D eigenvalue weighted by Gasteiger charge is -2.13. The molecule has 2 aromatic carbocycles. The molecule has 0 aliphatic carbocycles. The molecule has 0 bridgehead atoms. The summed E-state index contributed by atoms with van der Waals surface area (Å²) in [7, 11) is 1.42. The van der Waals surface area contributed by atoms with Gasteiger partial charge in [0.15, 0.2) is 6.10 Å². The van der Waals surface area contributed by atoms with Crippen molar-refractivity contribution in [2.24, 2.45) is 5.10 Å². The van der Waals surface area contributed by atoms with Crippen LogP contribution in [0.4, 0.5) is 5.69 Å². The van der Waals surface area contributed by atoms with E-state index in [4.69, 9.17) is 16.3 Å². The van der Waals surface area contributed by atoms with Crippen molar-refractivity contribution in [1.82, 2.24) is 5.43 Å². The van der Waals surface area contributed by atoms with E-state index in [2.05, 4.69) is 10.5 Å². The molecule has 0 aliphatic heterocycles. The van der Waals surface area contributed by atoms with Gasteiger partial charge in [0.05, 0.1) is 11.1 Å². The Labute approximate surface area is 143 Å². The number of rotatable bonds is 6. The average molecular weight is 348 g/mol. The number of carbonyl (C=O) groups excluding carboxylic acids is 1. The van der Waals surface area contributed by atoms with Gasteiger partial charge in [-0.05, 0) is 11.6 Å². The largest absolute Gasteiger partial charge is 0.367 e. The van der Waals surface area contributed by atoms with E-state index >= 15 is 0 Å². The average Bonchev–Trinajstić information content (AvgIpc) is 2.58. The van der Waals surface area contributed by atoms with Crippen LogP contribution in [-0.4, -0.2) is 24.2 Å². The van der Waals surface area contributed by atoms with Crippen LogP contribution >= 0.6 is 11.6 Å². The monoisotopic (exact) mass is 347 g/mol.